The molecule has 2 unspecified atom stereocenters. The summed E-state index contributed by atoms with van der Waals surface area (Å²) in [4.78, 5) is 15.5. The lowest BCUT2D eigenvalue weighted by molar-refractivity contribution is -0.124. The van der Waals surface area contributed by atoms with Gasteiger partial charge in [0.05, 0.1) is 0 Å². The van der Waals surface area contributed by atoms with Gasteiger partial charge >= 0.3 is 0 Å². The SMILES string of the molecule is CC(Oc1ccccc1)C(=O)N(CC1(C)CCCN1)c1cccc(-c2ccccc2)c1.[HH]. The van der Waals surface area contributed by atoms with E-state index < -0.39 is 6.10 Å². The molecule has 162 valence electrons. The number of carbonyl (C=O) groups is 1. The minimum Gasteiger partial charge on any atom is -0.481 e. The highest BCUT2D eigenvalue weighted by Crippen LogP contribution is 2.29. The molecule has 0 bridgehead atoms. The molecule has 1 amide bonds. The van der Waals surface area contributed by atoms with Crippen molar-refractivity contribution in [3.63, 3.8) is 0 Å². The first-order chi connectivity index (χ1) is 15.0. The first-order valence-electron chi connectivity index (χ1n) is 11.0. The third-order valence-corrected chi connectivity index (χ3v) is 5.90. The molecule has 4 heteroatoms. The van der Waals surface area contributed by atoms with Gasteiger partial charge in [-0.05, 0) is 68.6 Å². The van der Waals surface area contributed by atoms with E-state index in [4.69, 9.17) is 4.74 Å². The van der Waals surface area contributed by atoms with Gasteiger partial charge in [0.2, 0.25) is 0 Å². The van der Waals surface area contributed by atoms with Gasteiger partial charge in [0.1, 0.15) is 5.75 Å². The van der Waals surface area contributed by atoms with Crippen LogP contribution in [-0.2, 0) is 4.79 Å². The van der Waals surface area contributed by atoms with Crippen molar-refractivity contribution in [1.82, 2.24) is 5.32 Å². The predicted molar refractivity (Wildman–Crippen MR) is 129 cm³/mol. The maximum Gasteiger partial charge on any atom is 0.267 e. The Balaban J connectivity index is 0.00000289. The highest BCUT2D eigenvalue weighted by molar-refractivity contribution is 5.97. The van der Waals surface area contributed by atoms with Gasteiger partial charge in [0.15, 0.2) is 6.10 Å². The molecular weight excluding hydrogens is 384 g/mol. The number of amides is 1. The molecule has 0 saturated carbocycles. The Hall–Kier alpha value is -3.11. The van der Waals surface area contributed by atoms with Crippen LogP contribution in [0, 0.1) is 0 Å². The summed E-state index contributed by atoms with van der Waals surface area (Å²) in [6, 6.07) is 28.0. The fourth-order valence-electron chi connectivity index (χ4n) is 4.19. The zero-order valence-corrected chi connectivity index (χ0v) is 18.3. The van der Waals surface area contributed by atoms with Crippen molar-refractivity contribution in [1.29, 1.82) is 0 Å². The van der Waals surface area contributed by atoms with E-state index in [1.807, 2.05) is 72.5 Å². The quantitative estimate of drug-likeness (QED) is 0.550. The number of para-hydroxylation sites is 1. The van der Waals surface area contributed by atoms with E-state index >= 15 is 0 Å². The molecule has 1 aliphatic heterocycles. The van der Waals surface area contributed by atoms with Gasteiger partial charge in [-0.25, -0.2) is 0 Å². The van der Waals surface area contributed by atoms with Gasteiger partial charge in [-0.1, -0.05) is 60.7 Å². The van der Waals surface area contributed by atoms with Gasteiger partial charge in [0, 0.05) is 19.2 Å². The van der Waals surface area contributed by atoms with Crippen molar-refractivity contribution in [3.05, 3.63) is 84.9 Å². The lowest BCUT2D eigenvalue weighted by Gasteiger charge is -2.34. The van der Waals surface area contributed by atoms with E-state index in [1.54, 1.807) is 0 Å². The second kappa shape index (κ2) is 9.36. The van der Waals surface area contributed by atoms with E-state index in [1.165, 1.54) is 0 Å². The number of ether oxygens (including phenoxy) is 1. The van der Waals surface area contributed by atoms with Crippen LogP contribution in [0.3, 0.4) is 0 Å². The lowest BCUT2D eigenvalue weighted by atomic mass is 9.98. The van der Waals surface area contributed by atoms with Crippen molar-refractivity contribution in [3.8, 4) is 16.9 Å². The van der Waals surface area contributed by atoms with Crippen molar-refractivity contribution in [2.75, 3.05) is 18.0 Å². The molecule has 3 aromatic carbocycles. The average Bonchev–Trinajstić information content (AvgIpc) is 3.25. The topological polar surface area (TPSA) is 41.6 Å². The zero-order valence-electron chi connectivity index (χ0n) is 18.3. The summed E-state index contributed by atoms with van der Waals surface area (Å²) in [5, 5.41) is 3.59. The Labute approximate surface area is 186 Å². The fourth-order valence-corrected chi connectivity index (χ4v) is 4.19. The monoisotopic (exact) mass is 416 g/mol. The highest BCUT2D eigenvalue weighted by atomic mass is 16.5. The molecule has 0 aromatic heterocycles. The van der Waals surface area contributed by atoms with E-state index in [2.05, 4.69) is 36.5 Å². The molecule has 2 atom stereocenters. The summed E-state index contributed by atoms with van der Waals surface area (Å²) >= 11 is 0. The molecule has 1 aliphatic rings. The van der Waals surface area contributed by atoms with Gasteiger partial charge in [-0.3, -0.25) is 4.79 Å². The predicted octanol–water partition coefficient (Wildman–Crippen LogP) is 5.54. The summed E-state index contributed by atoms with van der Waals surface area (Å²) in [6.45, 7) is 5.61. The molecule has 1 heterocycles. The van der Waals surface area contributed by atoms with Crippen molar-refractivity contribution in [2.24, 2.45) is 0 Å². The molecule has 1 saturated heterocycles. The second-order valence-corrected chi connectivity index (χ2v) is 8.50. The van der Waals surface area contributed by atoms with Crippen LogP contribution in [0.2, 0.25) is 0 Å². The van der Waals surface area contributed by atoms with Crippen LogP contribution in [-0.4, -0.2) is 30.6 Å². The molecule has 4 rings (SSSR count). The number of nitrogens with zero attached hydrogens (tertiary/aromatic N) is 1. The maximum absolute atomic E-state index is 13.6. The number of anilines is 1. The summed E-state index contributed by atoms with van der Waals surface area (Å²) in [5.41, 5.74) is 3.02. The van der Waals surface area contributed by atoms with Crippen LogP contribution in [0.1, 0.15) is 28.1 Å². The molecule has 0 aliphatic carbocycles. The van der Waals surface area contributed by atoms with Gasteiger partial charge in [-0.2, -0.15) is 0 Å². The second-order valence-electron chi connectivity index (χ2n) is 8.50. The summed E-state index contributed by atoms with van der Waals surface area (Å²) < 4.78 is 5.98. The molecule has 3 aromatic rings. The molecule has 1 N–H and O–H groups in total. The average molecular weight is 417 g/mol. The first kappa shape index (κ1) is 21.1. The third kappa shape index (κ3) is 5.15. The lowest BCUT2D eigenvalue weighted by Crippen LogP contribution is -2.52. The van der Waals surface area contributed by atoms with Gasteiger partial charge in [0.25, 0.3) is 5.91 Å². The van der Waals surface area contributed by atoms with Crippen LogP contribution >= 0.6 is 0 Å². The molecule has 0 radical (unpaired) electrons. The number of hydrogen-bond donors (Lipinski definition) is 1. The van der Waals surface area contributed by atoms with E-state index in [9.17, 15) is 4.79 Å². The van der Waals surface area contributed by atoms with Crippen LogP contribution in [0.5, 0.6) is 5.75 Å². The number of hydrogen-bond acceptors (Lipinski definition) is 3. The van der Waals surface area contributed by atoms with Gasteiger partial charge in [-0.15, -0.1) is 0 Å². The van der Waals surface area contributed by atoms with Gasteiger partial charge < -0.3 is 15.0 Å². The standard InChI is InChI=1S/C27H30N2O2.H2/c1-21(31-25-15-7-4-8-16-25)26(30)29(20-27(2)17-10-18-28-27)24-14-9-13-23(19-24)22-11-5-3-6-12-22;/h3-9,11-16,19,21,28H,10,17-18,20H2,1-2H3;1H. The Bertz CT molecular complexity index is 1000. The van der Waals surface area contributed by atoms with Crippen LogP contribution in [0.25, 0.3) is 11.1 Å². The van der Waals surface area contributed by atoms with E-state index in [0.717, 1.165) is 36.2 Å². The highest BCUT2D eigenvalue weighted by Gasteiger charge is 2.34. The fraction of sp³-hybridized carbons (Fsp3) is 0.296. The van der Waals surface area contributed by atoms with Crippen molar-refractivity contribution in [2.45, 2.75) is 38.3 Å². The maximum atomic E-state index is 13.6. The first-order valence-corrected chi connectivity index (χ1v) is 11.0. The molecule has 1 fully saturated rings. The largest absolute Gasteiger partial charge is 0.481 e. The third-order valence-electron chi connectivity index (χ3n) is 5.90. The normalized spacial score (nSPS) is 19.0. The smallest absolute Gasteiger partial charge is 0.267 e. The number of benzene rings is 3. The molecule has 4 nitrogen and oxygen atoms in total. The van der Waals surface area contributed by atoms with Crippen LogP contribution in [0.4, 0.5) is 5.69 Å². The number of nitrogens with one attached hydrogen (secondary N) is 1. The minimum absolute atomic E-state index is 0. The van der Waals surface area contributed by atoms with E-state index in [-0.39, 0.29) is 12.9 Å². The Morgan fingerprint density at radius 1 is 1.03 bits per heavy atom. The molecule has 31 heavy (non-hydrogen) atoms. The van der Waals surface area contributed by atoms with Crippen molar-refractivity contribution < 1.29 is 11.0 Å². The van der Waals surface area contributed by atoms with E-state index in [0.29, 0.717) is 12.3 Å². The summed E-state index contributed by atoms with van der Waals surface area (Å²) in [6.07, 6.45) is 1.58. The Kier molecular flexibility index (Phi) is 6.38. The van der Waals surface area contributed by atoms with Crippen LogP contribution < -0.4 is 15.0 Å². The zero-order chi connectivity index (χ0) is 21.7. The summed E-state index contributed by atoms with van der Waals surface area (Å²) in [7, 11) is 0. The van der Waals surface area contributed by atoms with Crippen molar-refractivity contribution >= 4 is 11.6 Å². The Morgan fingerprint density at radius 3 is 2.39 bits per heavy atom. The summed E-state index contributed by atoms with van der Waals surface area (Å²) in [5.74, 6) is 0.663. The van der Waals surface area contributed by atoms with Crippen LogP contribution in [0.15, 0.2) is 84.9 Å². The molecule has 0 spiro atoms. The minimum atomic E-state index is -0.590. The molecular formula is C27H32N2O2. The Morgan fingerprint density at radius 2 is 1.71 bits per heavy atom. The number of carbonyl (C=O) groups excluding carboxylic acids is 1. The number of rotatable bonds is 7.